The molecule has 2 rings (SSSR count). The maximum absolute atomic E-state index is 13.6. The Morgan fingerprint density at radius 2 is 2.06 bits per heavy atom. The molecule has 0 fully saturated rings. The molecule has 0 aromatic heterocycles. The van der Waals surface area contributed by atoms with E-state index in [-0.39, 0.29) is 10.8 Å². The first-order chi connectivity index (χ1) is 8.02. The summed E-state index contributed by atoms with van der Waals surface area (Å²) in [5.74, 6) is -1.99. The average molecular weight is 342 g/mol. The second kappa shape index (κ2) is 4.92. The maximum atomic E-state index is 13.6. The summed E-state index contributed by atoms with van der Waals surface area (Å²) in [6.45, 7) is 0. The first kappa shape index (κ1) is 12.8. The van der Waals surface area contributed by atoms with Crippen LogP contribution in [0.1, 0.15) is 0 Å². The van der Waals surface area contributed by atoms with E-state index in [1.54, 1.807) is 0 Å². The highest BCUT2D eigenvalue weighted by atomic mass is 79.9. The first-order valence-electron chi connectivity index (χ1n) is 4.48. The van der Waals surface area contributed by atoms with E-state index in [1.807, 2.05) is 0 Å². The molecule has 1 unspecified atom stereocenters. The van der Waals surface area contributed by atoms with Crippen LogP contribution in [0.4, 0.5) is 14.5 Å². The minimum absolute atomic E-state index is 0.0659. The van der Waals surface area contributed by atoms with E-state index < -0.39 is 17.3 Å². The van der Waals surface area contributed by atoms with Gasteiger partial charge < -0.3 is 0 Å². The van der Waals surface area contributed by atoms with Crippen molar-refractivity contribution in [2.75, 3.05) is 4.90 Å². The zero-order chi connectivity index (χ0) is 12.6. The lowest BCUT2D eigenvalue weighted by Gasteiger charge is -2.29. The van der Waals surface area contributed by atoms with Crippen molar-refractivity contribution < 1.29 is 8.78 Å². The molecule has 1 atom stereocenters. The van der Waals surface area contributed by atoms with Crippen LogP contribution in [0, 0.1) is 11.6 Å². The third-order valence-corrected chi connectivity index (χ3v) is 3.63. The second-order valence-electron chi connectivity index (χ2n) is 3.17. The molecule has 1 aliphatic rings. The standard InChI is InChI=1S/C10H5BrCl2F2N2/c11-5-4-16-10(13)17(9(5)12)7-3-1-2-6(14)8(7)15/h1-4,10H. The summed E-state index contributed by atoms with van der Waals surface area (Å²) in [7, 11) is 0. The lowest BCUT2D eigenvalue weighted by molar-refractivity contribution is 0.507. The molecular formula is C10H5BrCl2F2N2. The van der Waals surface area contributed by atoms with E-state index in [0.717, 1.165) is 6.07 Å². The van der Waals surface area contributed by atoms with Crippen LogP contribution in [0.3, 0.4) is 0 Å². The number of hydrogen-bond acceptors (Lipinski definition) is 2. The van der Waals surface area contributed by atoms with E-state index in [4.69, 9.17) is 23.2 Å². The van der Waals surface area contributed by atoms with E-state index in [2.05, 4.69) is 20.9 Å². The molecule has 0 spiro atoms. The highest BCUT2D eigenvalue weighted by Gasteiger charge is 2.27. The van der Waals surface area contributed by atoms with Gasteiger partial charge in [-0.2, -0.15) is 0 Å². The Morgan fingerprint density at radius 1 is 1.35 bits per heavy atom. The van der Waals surface area contributed by atoms with Crippen molar-refractivity contribution >= 4 is 51.0 Å². The molecule has 17 heavy (non-hydrogen) atoms. The molecule has 0 saturated heterocycles. The smallest absolute Gasteiger partial charge is 0.202 e. The maximum Gasteiger partial charge on any atom is 0.202 e. The molecule has 0 amide bonds. The Morgan fingerprint density at radius 3 is 2.76 bits per heavy atom. The number of rotatable bonds is 1. The van der Waals surface area contributed by atoms with Gasteiger partial charge in [0.25, 0.3) is 0 Å². The van der Waals surface area contributed by atoms with Gasteiger partial charge >= 0.3 is 0 Å². The van der Waals surface area contributed by atoms with Gasteiger partial charge in [0.15, 0.2) is 11.6 Å². The predicted molar refractivity (Wildman–Crippen MR) is 68.8 cm³/mol. The Bertz CT molecular complexity index is 519. The summed E-state index contributed by atoms with van der Waals surface area (Å²) in [5.41, 5.74) is -0.982. The third-order valence-electron chi connectivity index (χ3n) is 2.12. The number of benzene rings is 1. The number of halogens is 5. The van der Waals surface area contributed by atoms with Crippen LogP contribution in [0.25, 0.3) is 0 Å². The monoisotopic (exact) mass is 340 g/mol. The number of anilines is 1. The van der Waals surface area contributed by atoms with Crippen LogP contribution in [0.15, 0.2) is 32.8 Å². The van der Waals surface area contributed by atoms with Crippen molar-refractivity contribution in [1.82, 2.24) is 0 Å². The average Bonchev–Trinajstić information content (AvgIpc) is 2.30. The molecule has 0 aliphatic carbocycles. The van der Waals surface area contributed by atoms with Crippen molar-refractivity contribution in [2.45, 2.75) is 5.62 Å². The third kappa shape index (κ3) is 2.32. The molecule has 90 valence electrons. The van der Waals surface area contributed by atoms with Gasteiger partial charge in [-0.1, -0.05) is 29.3 Å². The molecular weight excluding hydrogens is 337 g/mol. The van der Waals surface area contributed by atoms with Crippen LogP contribution in [-0.4, -0.2) is 11.8 Å². The molecule has 2 nitrogen and oxygen atoms in total. The van der Waals surface area contributed by atoms with E-state index in [9.17, 15) is 8.78 Å². The highest BCUT2D eigenvalue weighted by Crippen LogP contribution is 2.34. The Hall–Kier alpha value is -0.650. The number of aliphatic imine (C=N–C) groups is 1. The number of allylic oxidation sites excluding steroid dienone is 1. The SMILES string of the molecule is Fc1cccc(N2C(Cl)=C(Br)C=NC2Cl)c1F. The molecule has 7 heteroatoms. The molecule has 0 saturated carbocycles. The summed E-state index contributed by atoms with van der Waals surface area (Å²) >= 11 is 15.0. The van der Waals surface area contributed by atoms with Gasteiger partial charge in [0.1, 0.15) is 5.16 Å². The highest BCUT2D eigenvalue weighted by molar-refractivity contribution is 9.12. The minimum atomic E-state index is -1.02. The van der Waals surface area contributed by atoms with Crippen molar-refractivity contribution in [3.63, 3.8) is 0 Å². The van der Waals surface area contributed by atoms with Crippen molar-refractivity contribution in [2.24, 2.45) is 4.99 Å². The summed E-state index contributed by atoms with van der Waals surface area (Å²) in [5, 5.41) is 0.143. The minimum Gasteiger partial charge on any atom is -0.292 e. The zero-order valence-corrected chi connectivity index (χ0v) is 11.3. The Kier molecular flexibility index (Phi) is 3.70. The van der Waals surface area contributed by atoms with Crippen LogP contribution in [0.2, 0.25) is 0 Å². The molecule has 1 aliphatic heterocycles. The largest absolute Gasteiger partial charge is 0.292 e. The topological polar surface area (TPSA) is 15.6 Å². The lowest BCUT2D eigenvalue weighted by atomic mass is 10.2. The molecule has 0 bridgehead atoms. The quantitative estimate of drug-likeness (QED) is 0.552. The fraction of sp³-hybridized carbons (Fsp3) is 0.100. The molecule has 1 heterocycles. The van der Waals surface area contributed by atoms with Gasteiger partial charge in [0.2, 0.25) is 5.62 Å². The molecule has 1 aromatic rings. The van der Waals surface area contributed by atoms with Gasteiger partial charge in [0.05, 0.1) is 10.2 Å². The van der Waals surface area contributed by atoms with Gasteiger partial charge in [-0.3, -0.25) is 9.89 Å². The van der Waals surface area contributed by atoms with E-state index >= 15 is 0 Å². The summed E-state index contributed by atoms with van der Waals surface area (Å²) in [6, 6.07) is 3.76. The Labute approximate surface area is 115 Å². The number of hydrogen-bond donors (Lipinski definition) is 0. The van der Waals surface area contributed by atoms with Gasteiger partial charge in [0, 0.05) is 6.21 Å². The van der Waals surface area contributed by atoms with Crippen LogP contribution in [0.5, 0.6) is 0 Å². The van der Waals surface area contributed by atoms with Crippen molar-refractivity contribution in [3.05, 3.63) is 39.5 Å². The van der Waals surface area contributed by atoms with Crippen LogP contribution < -0.4 is 4.90 Å². The molecule has 0 radical (unpaired) electrons. The lowest BCUT2D eigenvalue weighted by Crippen LogP contribution is -2.31. The normalized spacial score (nSPS) is 20.1. The predicted octanol–water partition coefficient (Wildman–Crippen LogP) is 4.18. The number of nitrogens with zero attached hydrogens (tertiary/aromatic N) is 2. The second-order valence-corrected chi connectivity index (χ2v) is 4.77. The first-order valence-corrected chi connectivity index (χ1v) is 6.09. The molecule has 0 N–H and O–H groups in total. The van der Waals surface area contributed by atoms with E-state index in [1.165, 1.54) is 23.2 Å². The van der Waals surface area contributed by atoms with Gasteiger partial charge in [-0.25, -0.2) is 8.78 Å². The summed E-state index contributed by atoms with van der Waals surface area (Å²) in [4.78, 5) is 5.06. The van der Waals surface area contributed by atoms with Crippen molar-refractivity contribution in [1.29, 1.82) is 0 Å². The summed E-state index contributed by atoms with van der Waals surface area (Å²) in [6.07, 6.45) is 1.41. The Balaban J connectivity index is 2.53. The van der Waals surface area contributed by atoms with Gasteiger partial charge in [-0.15, -0.1) is 0 Å². The van der Waals surface area contributed by atoms with E-state index in [0.29, 0.717) is 4.48 Å². The summed E-state index contributed by atoms with van der Waals surface area (Å²) < 4.78 is 27.2. The van der Waals surface area contributed by atoms with Crippen LogP contribution >= 0.6 is 39.1 Å². The fourth-order valence-electron chi connectivity index (χ4n) is 1.35. The molecule has 1 aromatic carbocycles. The number of alkyl halides is 1. The zero-order valence-electron chi connectivity index (χ0n) is 8.17. The van der Waals surface area contributed by atoms with Gasteiger partial charge in [-0.05, 0) is 28.1 Å². The van der Waals surface area contributed by atoms with Crippen LogP contribution in [-0.2, 0) is 0 Å². The van der Waals surface area contributed by atoms with Crippen molar-refractivity contribution in [3.8, 4) is 0 Å². The fourth-order valence-corrected chi connectivity index (χ4v) is 2.21.